The zero-order chi connectivity index (χ0) is 10.3. The minimum absolute atomic E-state index is 0.0464. The molecular weight excluding hydrogens is 174 g/mol. The molecule has 1 atom stereocenters. The number of carbonyl (C=O) groups excluding carboxylic acids is 1. The molecule has 0 heterocycles. The maximum atomic E-state index is 10.9. The first-order valence-electron chi connectivity index (χ1n) is 4.25. The average molecular weight is 189 g/mol. The van der Waals surface area contributed by atoms with Gasteiger partial charge in [-0.1, -0.05) is 6.92 Å². The van der Waals surface area contributed by atoms with Crippen LogP contribution in [0.15, 0.2) is 0 Å². The Morgan fingerprint density at radius 3 is 2.54 bits per heavy atom. The van der Waals surface area contributed by atoms with E-state index in [1.807, 2.05) is 6.92 Å². The van der Waals surface area contributed by atoms with Gasteiger partial charge in [-0.25, -0.2) is 4.79 Å². The lowest BCUT2D eigenvalue weighted by Gasteiger charge is -2.06. The van der Waals surface area contributed by atoms with Crippen LogP contribution in [-0.2, 0) is 9.59 Å². The highest BCUT2D eigenvalue weighted by Gasteiger charge is 2.12. The van der Waals surface area contributed by atoms with Crippen molar-refractivity contribution in [1.82, 2.24) is 5.32 Å². The van der Waals surface area contributed by atoms with E-state index in [9.17, 15) is 9.59 Å². The molecule has 0 fully saturated rings. The number of aliphatic hydroxyl groups is 1. The molecule has 3 N–H and O–H groups in total. The van der Waals surface area contributed by atoms with Crippen LogP contribution in [0.1, 0.15) is 26.2 Å². The minimum atomic E-state index is -1.39. The first-order valence-corrected chi connectivity index (χ1v) is 4.25. The molecule has 0 aromatic heterocycles. The summed E-state index contributed by atoms with van der Waals surface area (Å²) < 4.78 is 0. The van der Waals surface area contributed by atoms with Crippen molar-refractivity contribution in [3.8, 4) is 0 Å². The molecule has 5 heteroatoms. The van der Waals surface area contributed by atoms with Crippen LogP contribution in [0, 0.1) is 0 Å². The summed E-state index contributed by atoms with van der Waals surface area (Å²) >= 11 is 0. The molecule has 0 radical (unpaired) electrons. The Balaban J connectivity index is 3.44. The number of aliphatic carboxylic acids is 1. The van der Waals surface area contributed by atoms with Crippen molar-refractivity contribution < 1.29 is 19.8 Å². The Bertz CT molecular complexity index is 181. The summed E-state index contributed by atoms with van der Waals surface area (Å²) in [4.78, 5) is 21.0. The number of carbonyl (C=O) groups is 2. The van der Waals surface area contributed by atoms with Gasteiger partial charge in [-0.05, 0) is 6.42 Å². The highest BCUT2D eigenvalue weighted by Crippen LogP contribution is 1.91. The van der Waals surface area contributed by atoms with Gasteiger partial charge in [-0.3, -0.25) is 4.79 Å². The highest BCUT2D eigenvalue weighted by molar-refractivity contribution is 5.76. The molecule has 1 unspecified atom stereocenters. The van der Waals surface area contributed by atoms with Crippen molar-refractivity contribution >= 4 is 11.9 Å². The standard InChI is InChI=1S/C8H15NO4/c1-2-3-7(11)9-5-4-6(10)8(12)13/h6,10H,2-5H2,1H3,(H,9,11)(H,12,13). The van der Waals surface area contributed by atoms with E-state index in [4.69, 9.17) is 10.2 Å². The lowest BCUT2D eigenvalue weighted by atomic mass is 10.2. The summed E-state index contributed by atoms with van der Waals surface area (Å²) in [5.41, 5.74) is 0. The molecule has 0 aliphatic carbocycles. The molecule has 1 amide bonds. The normalized spacial score (nSPS) is 12.2. The van der Waals surface area contributed by atoms with Crippen LogP contribution in [0.5, 0.6) is 0 Å². The van der Waals surface area contributed by atoms with Gasteiger partial charge in [-0.15, -0.1) is 0 Å². The van der Waals surface area contributed by atoms with Crippen LogP contribution in [0.4, 0.5) is 0 Å². The summed E-state index contributed by atoms with van der Waals surface area (Å²) in [5, 5.41) is 19.6. The second-order valence-electron chi connectivity index (χ2n) is 2.74. The SMILES string of the molecule is CCCC(=O)NCCC(O)C(=O)O. The van der Waals surface area contributed by atoms with E-state index in [0.717, 1.165) is 6.42 Å². The molecule has 76 valence electrons. The Hall–Kier alpha value is -1.10. The molecular formula is C8H15NO4. The van der Waals surface area contributed by atoms with Gasteiger partial charge in [-0.2, -0.15) is 0 Å². The third-order valence-corrected chi connectivity index (χ3v) is 1.50. The smallest absolute Gasteiger partial charge is 0.332 e. The first kappa shape index (κ1) is 11.9. The molecule has 0 saturated heterocycles. The van der Waals surface area contributed by atoms with Gasteiger partial charge in [0.1, 0.15) is 0 Å². The Morgan fingerprint density at radius 1 is 1.46 bits per heavy atom. The number of aliphatic hydroxyl groups excluding tert-OH is 1. The molecule has 0 aliphatic rings. The van der Waals surface area contributed by atoms with Crippen molar-refractivity contribution in [1.29, 1.82) is 0 Å². The zero-order valence-corrected chi connectivity index (χ0v) is 7.62. The monoisotopic (exact) mass is 189 g/mol. The van der Waals surface area contributed by atoms with E-state index >= 15 is 0 Å². The Kier molecular flexibility index (Phi) is 5.88. The molecule has 0 aromatic rings. The molecule has 13 heavy (non-hydrogen) atoms. The largest absolute Gasteiger partial charge is 0.479 e. The van der Waals surface area contributed by atoms with Crippen molar-refractivity contribution in [3.05, 3.63) is 0 Å². The van der Waals surface area contributed by atoms with Gasteiger partial charge in [0, 0.05) is 19.4 Å². The number of hydrogen-bond acceptors (Lipinski definition) is 3. The van der Waals surface area contributed by atoms with Crippen LogP contribution in [0.2, 0.25) is 0 Å². The fraction of sp³-hybridized carbons (Fsp3) is 0.750. The first-order chi connectivity index (χ1) is 6.07. The summed E-state index contributed by atoms with van der Waals surface area (Å²) in [6, 6.07) is 0. The molecule has 0 aromatic carbocycles. The third-order valence-electron chi connectivity index (χ3n) is 1.50. The average Bonchev–Trinajstić information content (AvgIpc) is 2.04. The predicted molar refractivity (Wildman–Crippen MR) is 46.2 cm³/mol. The van der Waals surface area contributed by atoms with Crippen molar-refractivity contribution in [2.45, 2.75) is 32.3 Å². The van der Waals surface area contributed by atoms with E-state index in [1.54, 1.807) is 0 Å². The van der Waals surface area contributed by atoms with Gasteiger partial charge in [0.2, 0.25) is 5.91 Å². The molecule has 0 bridgehead atoms. The maximum Gasteiger partial charge on any atom is 0.332 e. The summed E-state index contributed by atoms with van der Waals surface area (Å²) in [6.07, 6.45) is -0.150. The van der Waals surface area contributed by atoms with E-state index in [1.165, 1.54) is 0 Å². The van der Waals surface area contributed by atoms with Gasteiger partial charge in [0.05, 0.1) is 0 Å². The van der Waals surface area contributed by atoms with E-state index < -0.39 is 12.1 Å². The number of amides is 1. The molecule has 5 nitrogen and oxygen atoms in total. The fourth-order valence-electron chi connectivity index (χ4n) is 0.787. The number of carboxylic acid groups (broad SMARTS) is 1. The lowest BCUT2D eigenvalue weighted by Crippen LogP contribution is -2.29. The van der Waals surface area contributed by atoms with E-state index in [-0.39, 0.29) is 18.9 Å². The lowest BCUT2D eigenvalue weighted by molar-refractivity contribution is -0.147. The second-order valence-corrected chi connectivity index (χ2v) is 2.74. The summed E-state index contributed by atoms with van der Waals surface area (Å²) in [5.74, 6) is -1.37. The van der Waals surface area contributed by atoms with Gasteiger partial charge in [0.15, 0.2) is 6.10 Å². The number of rotatable bonds is 6. The van der Waals surface area contributed by atoms with Crippen LogP contribution in [0.25, 0.3) is 0 Å². The topological polar surface area (TPSA) is 86.6 Å². The Labute approximate surface area is 76.8 Å². The Morgan fingerprint density at radius 2 is 2.08 bits per heavy atom. The van der Waals surface area contributed by atoms with Crippen LogP contribution in [0.3, 0.4) is 0 Å². The van der Waals surface area contributed by atoms with E-state index in [0.29, 0.717) is 6.42 Å². The van der Waals surface area contributed by atoms with E-state index in [2.05, 4.69) is 5.32 Å². The van der Waals surface area contributed by atoms with Gasteiger partial charge < -0.3 is 15.5 Å². The van der Waals surface area contributed by atoms with Crippen LogP contribution < -0.4 is 5.32 Å². The zero-order valence-electron chi connectivity index (χ0n) is 7.62. The van der Waals surface area contributed by atoms with Crippen LogP contribution >= 0.6 is 0 Å². The number of carboxylic acids is 1. The van der Waals surface area contributed by atoms with Crippen molar-refractivity contribution in [2.75, 3.05) is 6.54 Å². The molecule has 0 saturated carbocycles. The quantitative estimate of drug-likeness (QED) is 0.537. The number of nitrogens with one attached hydrogen (secondary N) is 1. The maximum absolute atomic E-state index is 10.9. The molecule has 0 rings (SSSR count). The number of hydrogen-bond donors (Lipinski definition) is 3. The highest BCUT2D eigenvalue weighted by atomic mass is 16.4. The molecule has 0 spiro atoms. The van der Waals surface area contributed by atoms with Crippen LogP contribution in [-0.4, -0.2) is 34.7 Å². The predicted octanol–water partition coefficient (Wildman–Crippen LogP) is -0.262. The van der Waals surface area contributed by atoms with Gasteiger partial charge in [0.25, 0.3) is 0 Å². The third kappa shape index (κ3) is 6.10. The fourth-order valence-corrected chi connectivity index (χ4v) is 0.787. The van der Waals surface area contributed by atoms with Gasteiger partial charge >= 0.3 is 5.97 Å². The van der Waals surface area contributed by atoms with Crippen molar-refractivity contribution in [2.24, 2.45) is 0 Å². The molecule has 0 aliphatic heterocycles. The van der Waals surface area contributed by atoms with Crippen molar-refractivity contribution in [3.63, 3.8) is 0 Å². The minimum Gasteiger partial charge on any atom is -0.479 e. The summed E-state index contributed by atoms with van der Waals surface area (Å²) in [6.45, 7) is 2.08. The summed E-state index contributed by atoms with van der Waals surface area (Å²) in [7, 11) is 0. The second kappa shape index (κ2) is 6.42.